The average molecular weight is 222 g/mol. The molecular formula is C11H18N4O. The van der Waals surface area contributed by atoms with Crippen LogP contribution in [0.1, 0.15) is 25.7 Å². The van der Waals surface area contributed by atoms with Crippen LogP contribution in [0.2, 0.25) is 0 Å². The summed E-state index contributed by atoms with van der Waals surface area (Å²) in [5, 5.41) is 19.9. The molecule has 1 amide bonds. The van der Waals surface area contributed by atoms with Crippen molar-refractivity contribution in [1.29, 1.82) is 10.5 Å². The molecule has 5 heteroatoms. The van der Waals surface area contributed by atoms with Crippen molar-refractivity contribution in [3.63, 3.8) is 0 Å². The number of rotatable bonds is 8. The molecule has 0 bridgehead atoms. The molecule has 16 heavy (non-hydrogen) atoms. The van der Waals surface area contributed by atoms with Crippen molar-refractivity contribution in [3.05, 3.63) is 0 Å². The second-order valence-electron chi connectivity index (χ2n) is 3.40. The molecule has 0 unspecified atom stereocenters. The van der Waals surface area contributed by atoms with E-state index in [1.807, 2.05) is 19.2 Å². The smallest absolute Gasteiger partial charge is 0.222 e. The summed E-state index contributed by atoms with van der Waals surface area (Å²) in [4.78, 5) is 13.3. The number of amides is 1. The number of carbonyl (C=O) groups excluding carboxylic acids is 1. The molecule has 0 radical (unpaired) electrons. The lowest BCUT2D eigenvalue weighted by Crippen LogP contribution is -2.33. The standard InChI is InChI=1S/C11H18N4O/c1-14-8-2-5-11(16)15(9-3-6-12)10-4-7-13/h14H,2-5,8-10H2,1H3. The van der Waals surface area contributed by atoms with Crippen LogP contribution in [0.15, 0.2) is 0 Å². The van der Waals surface area contributed by atoms with E-state index in [1.54, 1.807) is 4.90 Å². The molecule has 0 aromatic carbocycles. The third kappa shape index (κ3) is 6.80. The van der Waals surface area contributed by atoms with Crippen LogP contribution in [0.5, 0.6) is 0 Å². The minimum Gasteiger partial charge on any atom is -0.341 e. The lowest BCUT2D eigenvalue weighted by molar-refractivity contribution is -0.131. The number of nitrogens with zero attached hydrogens (tertiary/aromatic N) is 3. The summed E-state index contributed by atoms with van der Waals surface area (Å²) in [5.41, 5.74) is 0. The van der Waals surface area contributed by atoms with Crippen molar-refractivity contribution in [3.8, 4) is 12.1 Å². The molecule has 88 valence electrons. The van der Waals surface area contributed by atoms with Gasteiger partial charge in [0.15, 0.2) is 0 Å². The van der Waals surface area contributed by atoms with Crippen molar-refractivity contribution >= 4 is 5.91 Å². The molecule has 0 aromatic heterocycles. The Hall–Kier alpha value is -1.59. The topological polar surface area (TPSA) is 79.9 Å². The number of hydrogen-bond donors (Lipinski definition) is 1. The van der Waals surface area contributed by atoms with Gasteiger partial charge in [-0.15, -0.1) is 0 Å². The van der Waals surface area contributed by atoms with Crippen molar-refractivity contribution < 1.29 is 4.79 Å². The summed E-state index contributed by atoms with van der Waals surface area (Å²) < 4.78 is 0. The van der Waals surface area contributed by atoms with Gasteiger partial charge in [0, 0.05) is 19.5 Å². The highest BCUT2D eigenvalue weighted by atomic mass is 16.2. The van der Waals surface area contributed by atoms with E-state index in [-0.39, 0.29) is 5.91 Å². The molecular weight excluding hydrogens is 204 g/mol. The summed E-state index contributed by atoms with van der Waals surface area (Å²) in [5.74, 6) is 0.0285. The molecule has 0 aliphatic rings. The van der Waals surface area contributed by atoms with Crippen LogP contribution < -0.4 is 5.32 Å². The van der Waals surface area contributed by atoms with Crippen molar-refractivity contribution in [1.82, 2.24) is 10.2 Å². The first-order chi connectivity index (χ1) is 7.76. The maximum atomic E-state index is 11.7. The van der Waals surface area contributed by atoms with Crippen LogP contribution in [0.3, 0.4) is 0 Å². The fourth-order valence-corrected chi connectivity index (χ4v) is 1.31. The Morgan fingerprint density at radius 2 is 1.81 bits per heavy atom. The molecule has 5 nitrogen and oxygen atoms in total. The maximum absolute atomic E-state index is 11.7. The first kappa shape index (κ1) is 14.4. The van der Waals surface area contributed by atoms with Crippen molar-refractivity contribution in [2.45, 2.75) is 25.7 Å². The van der Waals surface area contributed by atoms with Crippen molar-refractivity contribution in [2.24, 2.45) is 0 Å². The molecule has 0 atom stereocenters. The van der Waals surface area contributed by atoms with E-state index >= 15 is 0 Å². The monoisotopic (exact) mass is 222 g/mol. The lowest BCUT2D eigenvalue weighted by atomic mass is 10.2. The van der Waals surface area contributed by atoms with Crippen LogP contribution in [0.25, 0.3) is 0 Å². The third-order valence-corrected chi connectivity index (χ3v) is 2.16. The number of carbonyl (C=O) groups is 1. The summed E-state index contributed by atoms with van der Waals surface area (Å²) in [6.45, 7) is 1.66. The molecule has 0 aromatic rings. The van der Waals surface area contributed by atoms with E-state index in [0.29, 0.717) is 32.4 Å². The van der Waals surface area contributed by atoms with Crippen LogP contribution >= 0.6 is 0 Å². The van der Waals surface area contributed by atoms with Gasteiger partial charge in [-0.1, -0.05) is 0 Å². The van der Waals surface area contributed by atoms with E-state index in [4.69, 9.17) is 10.5 Å². The van der Waals surface area contributed by atoms with Gasteiger partial charge in [0.25, 0.3) is 0 Å². The van der Waals surface area contributed by atoms with Gasteiger partial charge < -0.3 is 10.2 Å². The van der Waals surface area contributed by atoms with Gasteiger partial charge in [-0.2, -0.15) is 10.5 Å². The molecule has 0 heterocycles. The fraction of sp³-hybridized carbons (Fsp3) is 0.727. The van der Waals surface area contributed by atoms with Crippen LogP contribution in [-0.2, 0) is 4.79 Å². The van der Waals surface area contributed by atoms with E-state index in [0.717, 1.165) is 13.0 Å². The summed E-state index contributed by atoms with van der Waals surface area (Å²) in [6.07, 6.45) is 1.90. The fourth-order valence-electron chi connectivity index (χ4n) is 1.31. The zero-order chi connectivity index (χ0) is 12.2. The maximum Gasteiger partial charge on any atom is 0.222 e. The Bertz CT molecular complexity index is 259. The molecule has 0 rings (SSSR count). The second kappa shape index (κ2) is 9.95. The van der Waals surface area contributed by atoms with Gasteiger partial charge in [-0.3, -0.25) is 4.79 Å². The van der Waals surface area contributed by atoms with E-state index in [1.165, 1.54) is 0 Å². The molecule has 0 spiro atoms. The van der Waals surface area contributed by atoms with Gasteiger partial charge in [0.1, 0.15) is 0 Å². The molecule has 0 fully saturated rings. The van der Waals surface area contributed by atoms with Crippen LogP contribution in [-0.4, -0.2) is 37.5 Å². The summed E-state index contributed by atoms with van der Waals surface area (Å²) >= 11 is 0. The van der Waals surface area contributed by atoms with Crippen LogP contribution in [0, 0.1) is 22.7 Å². The Morgan fingerprint density at radius 1 is 1.25 bits per heavy atom. The van der Waals surface area contributed by atoms with E-state index in [9.17, 15) is 4.79 Å². The van der Waals surface area contributed by atoms with Crippen molar-refractivity contribution in [2.75, 3.05) is 26.7 Å². The first-order valence-electron chi connectivity index (χ1n) is 5.42. The molecule has 0 aliphatic carbocycles. The molecule has 0 saturated carbocycles. The number of hydrogen-bond acceptors (Lipinski definition) is 4. The molecule has 0 aliphatic heterocycles. The lowest BCUT2D eigenvalue weighted by Gasteiger charge is -2.20. The zero-order valence-corrected chi connectivity index (χ0v) is 9.70. The highest BCUT2D eigenvalue weighted by molar-refractivity contribution is 5.76. The van der Waals surface area contributed by atoms with Gasteiger partial charge in [0.2, 0.25) is 5.91 Å². The van der Waals surface area contributed by atoms with Crippen LogP contribution in [0.4, 0.5) is 0 Å². The Kier molecular flexibility index (Phi) is 8.96. The number of nitrogens with one attached hydrogen (secondary N) is 1. The Morgan fingerprint density at radius 3 is 2.25 bits per heavy atom. The predicted molar refractivity (Wildman–Crippen MR) is 60.2 cm³/mol. The largest absolute Gasteiger partial charge is 0.341 e. The van der Waals surface area contributed by atoms with Gasteiger partial charge in [0.05, 0.1) is 25.0 Å². The Labute approximate surface area is 96.6 Å². The predicted octanol–water partition coefficient (Wildman–Crippen LogP) is 0.642. The van der Waals surface area contributed by atoms with Gasteiger partial charge in [-0.25, -0.2) is 0 Å². The molecule has 0 saturated heterocycles. The van der Waals surface area contributed by atoms with E-state index in [2.05, 4.69) is 5.32 Å². The quantitative estimate of drug-likeness (QED) is 0.611. The highest BCUT2D eigenvalue weighted by Gasteiger charge is 2.11. The summed E-state index contributed by atoms with van der Waals surface area (Å²) in [7, 11) is 1.84. The third-order valence-electron chi connectivity index (χ3n) is 2.16. The summed E-state index contributed by atoms with van der Waals surface area (Å²) in [6, 6.07) is 4.02. The van der Waals surface area contributed by atoms with Gasteiger partial charge in [-0.05, 0) is 20.0 Å². The minimum atomic E-state index is 0.0285. The average Bonchev–Trinajstić information content (AvgIpc) is 2.29. The zero-order valence-electron chi connectivity index (χ0n) is 9.70. The second-order valence-corrected chi connectivity index (χ2v) is 3.40. The minimum absolute atomic E-state index is 0.0285. The highest BCUT2D eigenvalue weighted by Crippen LogP contribution is 2.00. The first-order valence-corrected chi connectivity index (χ1v) is 5.42. The number of nitriles is 2. The normalized spacial score (nSPS) is 9.19. The Balaban J connectivity index is 4.00. The van der Waals surface area contributed by atoms with E-state index < -0.39 is 0 Å². The van der Waals surface area contributed by atoms with Gasteiger partial charge >= 0.3 is 0 Å². The SMILES string of the molecule is CNCCCC(=O)N(CCC#N)CCC#N. The molecule has 1 N–H and O–H groups in total.